The van der Waals surface area contributed by atoms with E-state index in [9.17, 15) is 4.79 Å². The van der Waals surface area contributed by atoms with E-state index in [0.717, 1.165) is 25.0 Å². The van der Waals surface area contributed by atoms with Crippen molar-refractivity contribution in [1.29, 1.82) is 5.26 Å². The van der Waals surface area contributed by atoms with E-state index in [4.69, 9.17) is 9.68 Å². The zero-order valence-corrected chi connectivity index (χ0v) is 10.9. The molecule has 1 aromatic heterocycles. The monoisotopic (exact) mass is 258 g/mol. The van der Waals surface area contributed by atoms with Crippen molar-refractivity contribution < 1.29 is 9.21 Å². The lowest BCUT2D eigenvalue weighted by molar-refractivity contribution is -0.136. The van der Waals surface area contributed by atoms with Gasteiger partial charge in [0.2, 0.25) is 5.91 Å². The van der Waals surface area contributed by atoms with Gasteiger partial charge < -0.3 is 9.32 Å². The van der Waals surface area contributed by atoms with E-state index in [1.807, 2.05) is 12.1 Å². The number of allylic oxidation sites excluding steroid dienone is 2. The van der Waals surface area contributed by atoms with Crippen LogP contribution in [0.25, 0.3) is 0 Å². The van der Waals surface area contributed by atoms with Gasteiger partial charge in [0.15, 0.2) is 0 Å². The molecule has 4 heteroatoms. The number of nitrogens with zero attached hydrogens (tertiary/aromatic N) is 2. The third kappa shape index (κ3) is 3.72. The molecule has 0 saturated heterocycles. The molecule has 1 heterocycles. The predicted molar refractivity (Wildman–Crippen MR) is 70.8 cm³/mol. The van der Waals surface area contributed by atoms with Crippen molar-refractivity contribution in [3.05, 3.63) is 36.3 Å². The average molecular weight is 258 g/mol. The van der Waals surface area contributed by atoms with Crippen molar-refractivity contribution in [2.24, 2.45) is 5.92 Å². The summed E-state index contributed by atoms with van der Waals surface area (Å²) in [5.74, 6) is 0.951. The molecule has 4 nitrogen and oxygen atoms in total. The number of amides is 1. The molecular formula is C15H18N2O2. The Bertz CT molecular complexity index is 471. The number of furan rings is 1. The molecule has 1 aromatic rings. The molecule has 0 N–H and O–H groups in total. The van der Waals surface area contributed by atoms with Gasteiger partial charge in [-0.1, -0.05) is 12.2 Å². The molecule has 1 unspecified atom stereocenters. The third-order valence-corrected chi connectivity index (χ3v) is 3.35. The molecule has 0 aromatic carbocycles. The SMILES string of the molecule is N#CCCN(Cc1ccco1)C(=O)C1CC=CCC1. The molecule has 1 aliphatic carbocycles. The quantitative estimate of drug-likeness (QED) is 0.763. The highest BCUT2D eigenvalue weighted by Crippen LogP contribution is 2.21. The highest BCUT2D eigenvalue weighted by atomic mass is 16.3. The first-order valence-corrected chi connectivity index (χ1v) is 6.64. The van der Waals surface area contributed by atoms with Crippen LogP contribution in [0, 0.1) is 17.2 Å². The van der Waals surface area contributed by atoms with E-state index in [1.165, 1.54) is 0 Å². The lowest BCUT2D eigenvalue weighted by Gasteiger charge is -2.26. The van der Waals surface area contributed by atoms with E-state index in [0.29, 0.717) is 19.5 Å². The van der Waals surface area contributed by atoms with Crippen LogP contribution in [0.5, 0.6) is 0 Å². The van der Waals surface area contributed by atoms with E-state index in [-0.39, 0.29) is 11.8 Å². The minimum atomic E-state index is 0.0543. The van der Waals surface area contributed by atoms with Crippen LogP contribution in [0.3, 0.4) is 0 Å². The first-order chi connectivity index (χ1) is 9.31. The summed E-state index contributed by atoms with van der Waals surface area (Å²) in [5, 5.41) is 8.71. The Hall–Kier alpha value is -2.02. The minimum absolute atomic E-state index is 0.0543. The molecule has 0 fully saturated rings. The van der Waals surface area contributed by atoms with E-state index in [1.54, 1.807) is 11.2 Å². The summed E-state index contributed by atoms with van der Waals surface area (Å²) in [5.41, 5.74) is 0. The summed E-state index contributed by atoms with van der Waals surface area (Å²) in [6, 6.07) is 5.76. The maximum atomic E-state index is 12.5. The van der Waals surface area contributed by atoms with Gasteiger partial charge in [-0.05, 0) is 31.4 Å². The largest absolute Gasteiger partial charge is 0.467 e. The molecule has 100 valence electrons. The van der Waals surface area contributed by atoms with Gasteiger partial charge in [-0.3, -0.25) is 4.79 Å². The number of nitriles is 1. The molecule has 2 rings (SSSR count). The highest BCUT2D eigenvalue weighted by molar-refractivity contribution is 5.79. The van der Waals surface area contributed by atoms with Crippen LogP contribution in [0.2, 0.25) is 0 Å². The lowest BCUT2D eigenvalue weighted by Crippen LogP contribution is -2.36. The number of hydrogen-bond acceptors (Lipinski definition) is 3. The van der Waals surface area contributed by atoms with Crippen molar-refractivity contribution in [1.82, 2.24) is 4.90 Å². The van der Waals surface area contributed by atoms with Crippen LogP contribution >= 0.6 is 0 Å². The summed E-state index contributed by atoms with van der Waals surface area (Å²) in [7, 11) is 0. The Labute approximate surface area is 113 Å². The molecule has 0 spiro atoms. The second kappa shape index (κ2) is 6.79. The molecule has 0 radical (unpaired) electrons. The number of rotatable bonds is 5. The van der Waals surface area contributed by atoms with Gasteiger partial charge in [-0.25, -0.2) is 0 Å². The van der Waals surface area contributed by atoms with Gasteiger partial charge in [0.25, 0.3) is 0 Å². The third-order valence-electron chi connectivity index (χ3n) is 3.35. The van der Waals surface area contributed by atoms with Gasteiger partial charge in [-0.2, -0.15) is 5.26 Å². The normalized spacial score (nSPS) is 17.9. The molecule has 19 heavy (non-hydrogen) atoms. The van der Waals surface area contributed by atoms with Crippen molar-refractivity contribution in [2.45, 2.75) is 32.2 Å². The fraction of sp³-hybridized carbons (Fsp3) is 0.467. The molecular weight excluding hydrogens is 240 g/mol. The van der Waals surface area contributed by atoms with E-state index in [2.05, 4.69) is 18.2 Å². The molecule has 0 bridgehead atoms. The highest BCUT2D eigenvalue weighted by Gasteiger charge is 2.24. The minimum Gasteiger partial charge on any atom is -0.467 e. The van der Waals surface area contributed by atoms with Crippen LogP contribution in [-0.4, -0.2) is 17.4 Å². The van der Waals surface area contributed by atoms with Crippen LogP contribution in [0.1, 0.15) is 31.4 Å². The molecule has 1 atom stereocenters. The van der Waals surface area contributed by atoms with Crippen LogP contribution in [-0.2, 0) is 11.3 Å². The molecule has 0 aliphatic heterocycles. The summed E-state index contributed by atoms with van der Waals surface area (Å²) in [6.07, 6.45) is 8.82. The summed E-state index contributed by atoms with van der Waals surface area (Å²) in [4.78, 5) is 14.2. The summed E-state index contributed by atoms with van der Waals surface area (Å²) in [6.45, 7) is 0.921. The van der Waals surface area contributed by atoms with Crippen LogP contribution in [0.4, 0.5) is 0 Å². The maximum Gasteiger partial charge on any atom is 0.226 e. The van der Waals surface area contributed by atoms with E-state index >= 15 is 0 Å². The van der Waals surface area contributed by atoms with Crippen molar-refractivity contribution in [2.75, 3.05) is 6.54 Å². The van der Waals surface area contributed by atoms with E-state index < -0.39 is 0 Å². The standard InChI is InChI=1S/C15H18N2O2/c16-9-5-10-17(12-14-8-4-11-19-14)15(18)13-6-2-1-3-7-13/h1-2,4,8,11,13H,3,5-7,10,12H2. The van der Waals surface area contributed by atoms with Gasteiger partial charge in [0, 0.05) is 12.5 Å². The van der Waals surface area contributed by atoms with Crippen molar-refractivity contribution in [3.63, 3.8) is 0 Å². The van der Waals surface area contributed by atoms with Crippen LogP contribution in [0.15, 0.2) is 35.0 Å². The Morgan fingerprint density at radius 2 is 2.42 bits per heavy atom. The maximum absolute atomic E-state index is 12.5. The van der Waals surface area contributed by atoms with Gasteiger partial charge in [0.1, 0.15) is 5.76 Å². The predicted octanol–water partition coefficient (Wildman–Crippen LogP) is 2.88. The fourth-order valence-electron chi connectivity index (χ4n) is 2.32. The Kier molecular flexibility index (Phi) is 4.79. The first-order valence-electron chi connectivity index (χ1n) is 6.64. The topological polar surface area (TPSA) is 57.2 Å². The molecule has 1 aliphatic rings. The smallest absolute Gasteiger partial charge is 0.226 e. The first kappa shape index (κ1) is 13.4. The number of carbonyl (C=O) groups excluding carboxylic acids is 1. The second-order valence-corrected chi connectivity index (χ2v) is 4.73. The Morgan fingerprint density at radius 3 is 3.05 bits per heavy atom. The average Bonchev–Trinajstić information content (AvgIpc) is 2.96. The van der Waals surface area contributed by atoms with Gasteiger partial charge >= 0.3 is 0 Å². The van der Waals surface area contributed by atoms with Gasteiger partial charge in [-0.15, -0.1) is 0 Å². The number of carbonyl (C=O) groups is 1. The van der Waals surface area contributed by atoms with Crippen molar-refractivity contribution >= 4 is 5.91 Å². The summed E-state index contributed by atoms with van der Waals surface area (Å²) < 4.78 is 5.29. The van der Waals surface area contributed by atoms with Crippen LogP contribution < -0.4 is 0 Å². The second-order valence-electron chi connectivity index (χ2n) is 4.73. The summed E-state index contributed by atoms with van der Waals surface area (Å²) >= 11 is 0. The fourth-order valence-corrected chi connectivity index (χ4v) is 2.32. The Balaban J connectivity index is 2.01. The lowest BCUT2D eigenvalue weighted by atomic mass is 9.93. The zero-order valence-electron chi connectivity index (χ0n) is 10.9. The molecule has 0 saturated carbocycles. The zero-order chi connectivity index (χ0) is 13.5. The van der Waals surface area contributed by atoms with Gasteiger partial charge in [0.05, 0.1) is 25.3 Å². The Morgan fingerprint density at radius 1 is 1.53 bits per heavy atom. The molecule has 1 amide bonds. The van der Waals surface area contributed by atoms with Crippen molar-refractivity contribution in [3.8, 4) is 6.07 Å². The number of hydrogen-bond donors (Lipinski definition) is 0.